The Labute approximate surface area is 309 Å². The van der Waals surface area contributed by atoms with Gasteiger partial charge in [-0.05, 0) is 69.4 Å². The lowest BCUT2D eigenvalue weighted by molar-refractivity contribution is 0.668. The molecule has 0 fully saturated rings. The van der Waals surface area contributed by atoms with E-state index in [-0.39, 0.29) is 0 Å². The zero-order chi connectivity index (χ0) is 35.6. The van der Waals surface area contributed by atoms with E-state index < -0.39 is 0 Å². The van der Waals surface area contributed by atoms with Crippen molar-refractivity contribution >= 4 is 54.6 Å². The van der Waals surface area contributed by atoms with Crippen molar-refractivity contribution in [3.05, 3.63) is 176 Å². The average Bonchev–Trinajstić information content (AvgIpc) is 3.82. The Morgan fingerprint density at radius 1 is 0.296 bits per heavy atom. The number of hydrogen-bond donors (Lipinski definition) is 0. The molecule has 0 N–H and O–H groups in total. The highest BCUT2D eigenvalue weighted by Gasteiger charge is 2.21. The van der Waals surface area contributed by atoms with Gasteiger partial charge in [-0.3, -0.25) is 0 Å². The van der Waals surface area contributed by atoms with Gasteiger partial charge in [0.2, 0.25) is 0 Å². The molecule has 8 aromatic carbocycles. The van der Waals surface area contributed by atoms with Gasteiger partial charge < -0.3 is 8.83 Å². The van der Waals surface area contributed by atoms with Gasteiger partial charge in [0.15, 0.2) is 17.5 Å². The topological polar surface area (TPSA) is 65.0 Å². The largest absolute Gasteiger partial charge is 0.456 e. The first-order valence-electron chi connectivity index (χ1n) is 18.0. The van der Waals surface area contributed by atoms with Crippen LogP contribution in [0.4, 0.5) is 0 Å². The van der Waals surface area contributed by atoms with Gasteiger partial charge in [0, 0.05) is 38.2 Å². The minimum Gasteiger partial charge on any atom is -0.456 e. The van der Waals surface area contributed by atoms with Crippen LogP contribution in [0.2, 0.25) is 0 Å². The zero-order valence-corrected chi connectivity index (χ0v) is 28.9. The number of aromatic nitrogens is 3. The Bertz CT molecular complexity index is 3210. The van der Waals surface area contributed by atoms with Crippen molar-refractivity contribution < 1.29 is 8.83 Å². The fourth-order valence-corrected chi connectivity index (χ4v) is 7.72. The van der Waals surface area contributed by atoms with Crippen molar-refractivity contribution in [2.24, 2.45) is 0 Å². The van der Waals surface area contributed by atoms with Crippen molar-refractivity contribution in [2.75, 3.05) is 0 Å². The van der Waals surface area contributed by atoms with Crippen LogP contribution in [0.25, 0.3) is 111 Å². The van der Waals surface area contributed by atoms with Gasteiger partial charge in [0.05, 0.1) is 0 Å². The lowest BCUT2D eigenvalue weighted by atomic mass is 9.98. The number of para-hydroxylation sites is 2. The summed E-state index contributed by atoms with van der Waals surface area (Å²) in [6.45, 7) is 0. The van der Waals surface area contributed by atoms with Crippen LogP contribution in [0.5, 0.6) is 0 Å². The number of benzene rings is 8. The molecular weight excluding hydrogens is 663 g/mol. The van der Waals surface area contributed by atoms with E-state index in [0.717, 1.165) is 82.8 Å². The van der Waals surface area contributed by atoms with E-state index in [1.54, 1.807) is 0 Å². The number of furan rings is 2. The minimum atomic E-state index is 0.563. The Balaban J connectivity index is 1.16. The summed E-state index contributed by atoms with van der Waals surface area (Å²) in [6.07, 6.45) is 0. The third-order valence-electron chi connectivity index (χ3n) is 10.3. The molecule has 0 spiro atoms. The van der Waals surface area contributed by atoms with E-state index in [2.05, 4.69) is 121 Å². The van der Waals surface area contributed by atoms with Crippen molar-refractivity contribution in [3.63, 3.8) is 0 Å². The van der Waals surface area contributed by atoms with Crippen molar-refractivity contribution in [2.45, 2.75) is 0 Å². The summed E-state index contributed by atoms with van der Waals surface area (Å²) in [5.41, 5.74) is 10.2. The lowest BCUT2D eigenvalue weighted by Gasteiger charge is -2.12. The molecule has 0 saturated carbocycles. The number of nitrogens with zero attached hydrogens (tertiary/aromatic N) is 3. The molecule has 0 aliphatic carbocycles. The molecule has 3 aromatic heterocycles. The van der Waals surface area contributed by atoms with E-state index >= 15 is 0 Å². The first-order chi connectivity index (χ1) is 26.7. The second kappa shape index (κ2) is 12.1. The highest BCUT2D eigenvalue weighted by Crippen LogP contribution is 2.41. The van der Waals surface area contributed by atoms with Crippen LogP contribution >= 0.6 is 0 Å². The normalized spacial score (nSPS) is 11.7. The molecule has 0 radical (unpaired) electrons. The first kappa shape index (κ1) is 30.3. The molecule has 0 saturated heterocycles. The smallest absolute Gasteiger partial charge is 0.164 e. The quantitative estimate of drug-likeness (QED) is 0.180. The summed E-state index contributed by atoms with van der Waals surface area (Å²) in [4.78, 5) is 15.8. The van der Waals surface area contributed by atoms with Gasteiger partial charge in [-0.2, -0.15) is 0 Å². The minimum absolute atomic E-state index is 0.563. The first-order valence-corrected chi connectivity index (χ1v) is 18.0. The molecule has 11 rings (SSSR count). The molecule has 0 aliphatic heterocycles. The highest BCUT2D eigenvalue weighted by atomic mass is 16.3. The predicted octanol–water partition coefficient (Wildman–Crippen LogP) is 13.2. The number of hydrogen-bond acceptors (Lipinski definition) is 5. The van der Waals surface area contributed by atoms with Gasteiger partial charge in [-0.1, -0.05) is 140 Å². The molecule has 0 unspecified atom stereocenters. The van der Waals surface area contributed by atoms with Gasteiger partial charge >= 0.3 is 0 Å². The molecule has 0 bridgehead atoms. The van der Waals surface area contributed by atoms with Crippen LogP contribution in [0, 0.1) is 0 Å². The highest BCUT2D eigenvalue weighted by molar-refractivity contribution is 6.14. The summed E-state index contributed by atoms with van der Waals surface area (Å²) in [7, 11) is 0. The average molecular weight is 692 g/mol. The number of fused-ring (bicyclic) bond motifs is 7. The van der Waals surface area contributed by atoms with Crippen LogP contribution in [-0.2, 0) is 0 Å². The Morgan fingerprint density at radius 2 is 0.852 bits per heavy atom. The molecule has 3 heterocycles. The third-order valence-corrected chi connectivity index (χ3v) is 10.3. The number of rotatable bonds is 5. The SMILES string of the molecule is c1ccc(-c2cc(-c3nc(-c4ccc(-c5ccc6ccccc6c5)cc4)nc(-c4cccc5oc6ccccc6c45)n3)c3c(c2)oc2ccccc23)cc1. The summed E-state index contributed by atoms with van der Waals surface area (Å²) in [5.74, 6) is 1.71. The van der Waals surface area contributed by atoms with Crippen LogP contribution < -0.4 is 0 Å². The van der Waals surface area contributed by atoms with Crippen LogP contribution in [0.15, 0.2) is 185 Å². The predicted molar refractivity (Wildman–Crippen MR) is 219 cm³/mol. The fourth-order valence-electron chi connectivity index (χ4n) is 7.72. The molecule has 0 atom stereocenters. The summed E-state index contributed by atoms with van der Waals surface area (Å²) in [5, 5.41) is 6.39. The maximum Gasteiger partial charge on any atom is 0.164 e. The van der Waals surface area contributed by atoms with E-state index in [1.165, 1.54) is 10.8 Å². The summed E-state index contributed by atoms with van der Waals surface area (Å²) in [6, 6.07) is 60.5. The monoisotopic (exact) mass is 691 g/mol. The maximum absolute atomic E-state index is 6.50. The van der Waals surface area contributed by atoms with Crippen molar-refractivity contribution in [3.8, 4) is 56.4 Å². The molecule has 5 nitrogen and oxygen atoms in total. The van der Waals surface area contributed by atoms with Gasteiger partial charge in [-0.25, -0.2) is 15.0 Å². The van der Waals surface area contributed by atoms with Crippen LogP contribution in [0.1, 0.15) is 0 Å². The zero-order valence-electron chi connectivity index (χ0n) is 28.9. The van der Waals surface area contributed by atoms with Crippen LogP contribution in [0.3, 0.4) is 0 Å². The molecule has 54 heavy (non-hydrogen) atoms. The van der Waals surface area contributed by atoms with Gasteiger partial charge in [-0.15, -0.1) is 0 Å². The Kier molecular flexibility index (Phi) is 6.79. The Hall–Kier alpha value is -7.37. The molecule has 0 amide bonds. The molecule has 0 aliphatic rings. The molecule has 11 aromatic rings. The van der Waals surface area contributed by atoms with Gasteiger partial charge in [0.25, 0.3) is 0 Å². The fraction of sp³-hybridized carbons (Fsp3) is 0. The molecule has 252 valence electrons. The second-order valence-corrected chi connectivity index (χ2v) is 13.6. The third kappa shape index (κ3) is 4.98. The van der Waals surface area contributed by atoms with E-state index in [0.29, 0.717) is 17.5 Å². The van der Waals surface area contributed by atoms with E-state index in [9.17, 15) is 0 Å². The van der Waals surface area contributed by atoms with E-state index in [1.807, 2.05) is 54.6 Å². The van der Waals surface area contributed by atoms with Crippen molar-refractivity contribution in [1.82, 2.24) is 15.0 Å². The van der Waals surface area contributed by atoms with Crippen LogP contribution in [-0.4, -0.2) is 15.0 Å². The maximum atomic E-state index is 6.50. The molecular formula is C49H29N3O2. The second-order valence-electron chi connectivity index (χ2n) is 13.6. The van der Waals surface area contributed by atoms with E-state index in [4.69, 9.17) is 23.8 Å². The van der Waals surface area contributed by atoms with Crippen molar-refractivity contribution in [1.29, 1.82) is 0 Å². The summed E-state index contributed by atoms with van der Waals surface area (Å²) >= 11 is 0. The lowest BCUT2D eigenvalue weighted by Crippen LogP contribution is -2.01. The standard InChI is InChI=1S/C49H29N3O2/c1-2-11-30(12-3-1)36-28-40(46-38-16-7-9-19-42(38)54-44(46)29-36)49-51-47(33-24-21-32(22-25-33)35-26-23-31-13-4-5-14-34(31)27-35)50-48(52-49)39-17-10-20-43-45(39)37-15-6-8-18-41(37)53-43/h1-29H. The summed E-state index contributed by atoms with van der Waals surface area (Å²) < 4.78 is 12.8. The molecule has 5 heteroatoms. The Morgan fingerprint density at radius 3 is 1.63 bits per heavy atom. The van der Waals surface area contributed by atoms with Gasteiger partial charge in [0.1, 0.15) is 22.3 Å².